The second-order valence-corrected chi connectivity index (χ2v) is 9.69. The van der Waals surface area contributed by atoms with Crippen molar-refractivity contribution in [2.45, 2.75) is 0 Å². The molecule has 0 radical (unpaired) electrons. The van der Waals surface area contributed by atoms with Crippen molar-refractivity contribution in [1.29, 1.82) is 0 Å². The van der Waals surface area contributed by atoms with E-state index in [4.69, 9.17) is 8.83 Å². The predicted octanol–water partition coefficient (Wildman–Crippen LogP) is 6.61. The lowest BCUT2D eigenvalue weighted by molar-refractivity contribution is 0.650. The van der Waals surface area contributed by atoms with E-state index < -0.39 is 0 Å². The van der Waals surface area contributed by atoms with Crippen LogP contribution in [0.2, 0.25) is 0 Å². The Hall–Kier alpha value is -4.70. The van der Waals surface area contributed by atoms with Crippen molar-refractivity contribution in [3.05, 3.63) is 109 Å². The molecule has 2 aliphatic rings. The van der Waals surface area contributed by atoms with Crippen molar-refractivity contribution in [2.75, 3.05) is 4.90 Å². The Morgan fingerprint density at radius 1 is 0.556 bits per heavy atom. The van der Waals surface area contributed by atoms with Crippen LogP contribution in [0.3, 0.4) is 0 Å². The molecule has 0 bridgehead atoms. The monoisotopic (exact) mass is 459 g/mol. The second kappa shape index (κ2) is 6.49. The lowest BCUT2D eigenvalue weighted by atomic mass is 9.39. The van der Waals surface area contributed by atoms with Crippen LogP contribution in [0, 0.1) is 0 Å². The summed E-state index contributed by atoms with van der Waals surface area (Å²) in [7, 11) is 0. The highest BCUT2D eigenvalue weighted by Gasteiger charge is 2.45. The van der Waals surface area contributed by atoms with E-state index >= 15 is 0 Å². The Balaban J connectivity index is 1.44. The van der Waals surface area contributed by atoms with Crippen molar-refractivity contribution in [2.24, 2.45) is 0 Å². The molecule has 0 spiro atoms. The molecule has 0 atom stereocenters. The number of fused-ring (bicyclic) bond motifs is 10. The van der Waals surface area contributed by atoms with Crippen LogP contribution >= 0.6 is 0 Å². The number of hydrogen-bond donors (Lipinski definition) is 0. The number of anilines is 3. The van der Waals surface area contributed by atoms with Crippen molar-refractivity contribution < 1.29 is 8.83 Å². The first-order valence-corrected chi connectivity index (χ1v) is 12.3. The topological polar surface area (TPSA) is 29.5 Å². The van der Waals surface area contributed by atoms with Gasteiger partial charge in [-0.2, -0.15) is 0 Å². The summed E-state index contributed by atoms with van der Waals surface area (Å²) in [5.41, 5.74) is 12.3. The number of nitrogens with zero attached hydrogens (tertiary/aromatic N) is 1. The van der Waals surface area contributed by atoms with Gasteiger partial charge in [-0.25, -0.2) is 0 Å². The summed E-state index contributed by atoms with van der Waals surface area (Å²) in [6.45, 7) is 0.0674. The van der Waals surface area contributed by atoms with Gasteiger partial charge in [-0.1, -0.05) is 78.3 Å². The largest absolute Gasteiger partial charge is 0.468 e. The van der Waals surface area contributed by atoms with E-state index in [1.807, 2.05) is 12.1 Å². The van der Waals surface area contributed by atoms with Gasteiger partial charge < -0.3 is 13.7 Å². The molecule has 0 saturated heterocycles. The van der Waals surface area contributed by atoms with Gasteiger partial charge in [-0.15, -0.1) is 0 Å². The first-order valence-electron chi connectivity index (χ1n) is 12.3. The van der Waals surface area contributed by atoms with E-state index in [1.54, 1.807) is 0 Å². The number of rotatable bonds is 1. The first-order chi connectivity index (χ1) is 17.9. The van der Waals surface area contributed by atoms with Gasteiger partial charge >= 0.3 is 0 Å². The van der Waals surface area contributed by atoms with Gasteiger partial charge in [0.2, 0.25) is 0 Å². The predicted molar refractivity (Wildman–Crippen MR) is 148 cm³/mol. The maximum absolute atomic E-state index is 6.84. The minimum absolute atomic E-state index is 0.0674. The third-order valence-electron chi connectivity index (χ3n) is 7.86. The van der Waals surface area contributed by atoms with E-state index in [0.29, 0.717) is 0 Å². The average Bonchev–Trinajstić information content (AvgIpc) is 3.59. The zero-order valence-corrected chi connectivity index (χ0v) is 19.2. The van der Waals surface area contributed by atoms with Crippen molar-refractivity contribution >= 4 is 73.3 Å². The summed E-state index contributed by atoms with van der Waals surface area (Å²) in [5, 5.41) is 3.27. The van der Waals surface area contributed by atoms with Crippen LogP contribution in [0.15, 0.2) is 118 Å². The van der Waals surface area contributed by atoms with E-state index in [-0.39, 0.29) is 6.71 Å². The van der Waals surface area contributed by atoms with Gasteiger partial charge in [0.1, 0.15) is 16.7 Å². The fourth-order valence-corrected chi connectivity index (χ4v) is 6.42. The molecule has 7 aromatic rings. The zero-order chi connectivity index (χ0) is 23.4. The normalized spacial score (nSPS) is 13.4. The molecule has 166 valence electrons. The van der Waals surface area contributed by atoms with Gasteiger partial charge in [0, 0.05) is 27.5 Å². The summed E-state index contributed by atoms with van der Waals surface area (Å²) in [6.07, 6.45) is 0. The average molecular weight is 459 g/mol. The smallest absolute Gasteiger partial charge is 0.294 e. The molecule has 4 heteroatoms. The molecule has 2 aromatic heterocycles. The molecule has 36 heavy (non-hydrogen) atoms. The summed E-state index contributed by atoms with van der Waals surface area (Å²) in [4.78, 5) is 2.37. The fourth-order valence-electron chi connectivity index (χ4n) is 6.42. The van der Waals surface area contributed by atoms with Crippen LogP contribution in [0.25, 0.3) is 44.0 Å². The number of para-hydroxylation sites is 2. The maximum atomic E-state index is 6.84. The summed E-state index contributed by atoms with van der Waals surface area (Å²) in [6, 6.07) is 38.5. The van der Waals surface area contributed by atoms with Gasteiger partial charge in [0.05, 0.1) is 11.3 Å². The molecule has 0 fully saturated rings. The zero-order valence-electron chi connectivity index (χ0n) is 19.2. The quantitative estimate of drug-likeness (QED) is 0.259. The summed E-state index contributed by atoms with van der Waals surface area (Å²) >= 11 is 0. The maximum Gasteiger partial charge on any atom is 0.294 e. The van der Waals surface area contributed by atoms with E-state index in [2.05, 4.69) is 102 Å². The second-order valence-electron chi connectivity index (χ2n) is 9.69. The van der Waals surface area contributed by atoms with Gasteiger partial charge in [0.15, 0.2) is 0 Å². The van der Waals surface area contributed by atoms with Crippen LogP contribution < -0.4 is 21.5 Å². The summed E-state index contributed by atoms with van der Waals surface area (Å²) < 4.78 is 13.1. The molecule has 0 aliphatic carbocycles. The number of benzene rings is 5. The molecule has 0 saturated carbocycles. The van der Waals surface area contributed by atoms with Crippen LogP contribution in [-0.4, -0.2) is 6.71 Å². The molecule has 9 rings (SSSR count). The van der Waals surface area contributed by atoms with Crippen LogP contribution in [0.1, 0.15) is 0 Å². The van der Waals surface area contributed by atoms with Crippen LogP contribution in [0.4, 0.5) is 17.1 Å². The van der Waals surface area contributed by atoms with Crippen molar-refractivity contribution in [1.82, 2.24) is 0 Å². The SMILES string of the molecule is c1ccc(N2c3cccc4c3B(c3ccccc3-4)c3oc4cc5c(cc4c32)oc2ccccc25)cc1. The van der Waals surface area contributed by atoms with E-state index in [9.17, 15) is 0 Å². The molecule has 5 aromatic carbocycles. The fraction of sp³-hybridized carbons (Fsp3) is 0. The standard InChI is InChI=1S/C32H18BNO2/c1-2-9-19(10-3-1)34-26-15-8-13-22-20-11-4-6-14-25(20)33(30(22)26)32-31(34)24-18-28-23(17-29(24)36-32)21-12-5-7-16-27(21)35-28/h1-18H. The Morgan fingerprint density at radius 3 is 2.25 bits per heavy atom. The lowest BCUT2D eigenvalue weighted by Crippen LogP contribution is -2.54. The van der Waals surface area contributed by atoms with Gasteiger partial charge in [0.25, 0.3) is 6.71 Å². The Bertz CT molecular complexity index is 2020. The third-order valence-corrected chi connectivity index (χ3v) is 7.86. The highest BCUT2D eigenvalue weighted by atomic mass is 16.3. The molecule has 4 heterocycles. The molecular weight excluding hydrogens is 441 g/mol. The summed E-state index contributed by atoms with van der Waals surface area (Å²) in [5.74, 6) is 0. The molecule has 0 unspecified atom stereocenters. The van der Waals surface area contributed by atoms with Crippen molar-refractivity contribution in [3.8, 4) is 11.1 Å². The number of furan rings is 2. The minimum Gasteiger partial charge on any atom is -0.468 e. The third kappa shape index (κ3) is 2.20. The highest BCUT2D eigenvalue weighted by Crippen LogP contribution is 2.45. The minimum atomic E-state index is 0.0674. The van der Waals surface area contributed by atoms with Crippen molar-refractivity contribution in [3.63, 3.8) is 0 Å². The lowest BCUT2D eigenvalue weighted by Gasteiger charge is -2.33. The van der Waals surface area contributed by atoms with E-state index in [0.717, 1.165) is 49.9 Å². The molecule has 2 aliphatic heterocycles. The Morgan fingerprint density at radius 2 is 1.31 bits per heavy atom. The molecule has 0 amide bonds. The first kappa shape index (κ1) is 18.6. The Kier molecular flexibility index (Phi) is 3.36. The highest BCUT2D eigenvalue weighted by molar-refractivity contribution is 7.01. The number of hydrogen-bond acceptors (Lipinski definition) is 3. The Labute approximate surface area is 207 Å². The molecule has 3 nitrogen and oxygen atoms in total. The van der Waals surface area contributed by atoms with Crippen LogP contribution in [0.5, 0.6) is 0 Å². The van der Waals surface area contributed by atoms with Gasteiger partial charge in [-0.3, -0.25) is 0 Å². The van der Waals surface area contributed by atoms with Crippen LogP contribution in [-0.2, 0) is 0 Å². The van der Waals surface area contributed by atoms with Gasteiger partial charge in [-0.05, 0) is 53.0 Å². The molecular formula is C32H18BNO2. The molecule has 0 N–H and O–H groups in total. The van der Waals surface area contributed by atoms with E-state index in [1.165, 1.54) is 27.7 Å².